The number of hydrogen-bond acceptors (Lipinski definition) is 4. The Labute approximate surface area is 180 Å². The highest BCUT2D eigenvalue weighted by Gasteiger charge is 2.29. The van der Waals surface area contributed by atoms with Crippen LogP contribution >= 0.6 is 23.2 Å². The fourth-order valence-electron chi connectivity index (χ4n) is 3.88. The number of halogens is 2. The first-order chi connectivity index (χ1) is 13.9. The number of urea groups is 1. The highest BCUT2D eigenvalue weighted by Crippen LogP contribution is 2.30. The number of aromatic nitrogens is 2. The normalized spacial score (nSPS) is 21.9. The zero-order valence-electron chi connectivity index (χ0n) is 16.2. The minimum atomic E-state index is -0.190. The summed E-state index contributed by atoms with van der Waals surface area (Å²) < 4.78 is 0. The average Bonchev–Trinajstić information content (AvgIpc) is 2.68. The van der Waals surface area contributed by atoms with Crippen molar-refractivity contribution in [3.63, 3.8) is 0 Å². The summed E-state index contributed by atoms with van der Waals surface area (Å²) >= 11 is 12.1. The maximum absolute atomic E-state index is 12.8. The van der Waals surface area contributed by atoms with E-state index < -0.39 is 0 Å². The van der Waals surface area contributed by atoms with Crippen molar-refractivity contribution >= 4 is 29.2 Å². The van der Waals surface area contributed by atoms with Crippen LogP contribution in [0.4, 0.5) is 4.79 Å². The van der Waals surface area contributed by atoms with E-state index in [9.17, 15) is 9.90 Å². The molecule has 1 aliphatic carbocycles. The molecule has 2 aliphatic rings. The zero-order chi connectivity index (χ0) is 20.5. The van der Waals surface area contributed by atoms with Gasteiger partial charge in [-0.3, -0.25) is 0 Å². The summed E-state index contributed by atoms with van der Waals surface area (Å²) in [6, 6.07) is 5.05. The first-order valence-electron chi connectivity index (χ1n) is 9.91. The summed E-state index contributed by atoms with van der Waals surface area (Å²) in [5.74, 6) is 1.25. The standard InChI is InChI=1S/C21H24Cl2N4O2/c1-12(14-2-3-17(22)18(23)9-14)25-21(29)27-5-4-15-10-24-20(26-19(15)11-27)8-13-6-16(28)7-13/h2-3,9-10,12-13,16,28H,4-8,11H2,1H3,(H,25,29)/t12-,13?,16?/m1/s1. The van der Waals surface area contributed by atoms with Crippen molar-refractivity contribution in [2.24, 2.45) is 5.92 Å². The lowest BCUT2D eigenvalue weighted by molar-refractivity contribution is 0.0423. The zero-order valence-corrected chi connectivity index (χ0v) is 17.7. The quantitative estimate of drug-likeness (QED) is 0.763. The Morgan fingerprint density at radius 1 is 1.34 bits per heavy atom. The van der Waals surface area contributed by atoms with Crippen molar-refractivity contribution in [1.82, 2.24) is 20.2 Å². The molecule has 2 aromatic rings. The van der Waals surface area contributed by atoms with Crippen molar-refractivity contribution in [2.75, 3.05) is 6.54 Å². The van der Waals surface area contributed by atoms with Gasteiger partial charge in [0, 0.05) is 19.2 Å². The number of fused-ring (bicyclic) bond motifs is 1. The number of aliphatic hydroxyl groups is 1. The Morgan fingerprint density at radius 3 is 2.86 bits per heavy atom. The van der Waals surface area contributed by atoms with Crippen LogP contribution in [0.25, 0.3) is 0 Å². The van der Waals surface area contributed by atoms with Crippen molar-refractivity contribution in [3.8, 4) is 0 Å². The van der Waals surface area contributed by atoms with Gasteiger partial charge in [-0.15, -0.1) is 0 Å². The van der Waals surface area contributed by atoms with Crippen LogP contribution in [0.2, 0.25) is 10.0 Å². The maximum Gasteiger partial charge on any atom is 0.318 e. The van der Waals surface area contributed by atoms with E-state index in [0.717, 1.165) is 48.3 Å². The van der Waals surface area contributed by atoms with E-state index >= 15 is 0 Å². The minimum Gasteiger partial charge on any atom is -0.393 e. The molecule has 2 N–H and O–H groups in total. The van der Waals surface area contributed by atoms with Crippen LogP contribution in [0.15, 0.2) is 24.4 Å². The van der Waals surface area contributed by atoms with E-state index in [2.05, 4.69) is 10.3 Å². The predicted molar refractivity (Wildman–Crippen MR) is 112 cm³/mol. The molecule has 4 rings (SSSR count). The fourth-order valence-corrected chi connectivity index (χ4v) is 4.19. The molecule has 0 saturated heterocycles. The topological polar surface area (TPSA) is 78.4 Å². The number of nitrogens with zero attached hydrogens (tertiary/aromatic N) is 3. The van der Waals surface area contributed by atoms with Gasteiger partial charge in [0.2, 0.25) is 0 Å². The maximum atomic E-state index is 12.8. The molecule has 1 atom stereocenters. The molecule has 1 aromatic heterocycles. The third kappa shape index (κ3) is 4.65. The van der Waals surface area contributed by atoms with Gasteiger partial charge in [-0.1, -0.05) is 29.3 Å². The molecule has 0 bridgehead atoms. The molecule has 0 unspecified atom stereocenters. The van der Waals surface area contributed by atoms with Crippen molar-refractivity contribution in [2.45, 2.75) is 51.3 Å². The third-order valence-corrected chi connectivity index (χ3v) is 6.49. The molecule has 1 aliphatic heterocycles. The summed E-state index contributed by atoms with van der Waals surface area (Å²) in [7, 11) is 0. The van der Waals surface area contributed by atoms with Gasteiger partial charge in [0.1, 0.15) is 5.82 Å². The predicted octanol–water partition coefficient (Wildman–Crippen LogP) is 3.93. The van der Waals surface area contributed by atoms with Crippen LogP contribution in [0.5, 0.6) is 0 Å². The Hall–Kier alpha value is -1.89. The second-order valence-corrected chi connectivity index (χ2v) is 8.78. The second-order valence-electron chi connectivity index (χ2n) is 7.97. The molecule has 2 amide bonds. The number of benzene rings is 1. The lowest BCUT2D eigenvalue weighted by Crippen LogP contribution is -2.44. The van der Waals surface area contributed by atoms with E-state index in [1.54, 1.807) is 17.0 Å². The minimum absolute atomic E-state index is 0.128. The average molecular weight is 435 g/mol. The molecule has 6 nitrogen and oxygen atoms in total. The van der Waals surface area contributed by atoms with E-state index in [1.165, 1.54) is 0 Å². The number of nitrogens with one attached hydrogen (secondary N) is 1. The van der Waals surface area contributed by atoms with Crippen molar-refractivity contribution < 1.29 is 9.90 Å². The van der Waals surface area contributed by atoms with Crippen LogP contribution in [0.1, 0.15) is 48.5 Å². The Morgan fingerprint density at radius 2 is 2.14 bits per heavy atom. The van der Waals surface area contributed by atoms with E-state index in [4.69, 9.17) is 28.2 Å². The van der Waals surface area contributed by atoms with E-state index in [1.807, 2.05) is 19.2 Å². The lowest BCUT2D eigenvalue weighted by atomic mass is 9.80. The highest BCUT2D eigenvalue weighted by molar-refractivity contribution is 6.42. The molecule has 154 valence electrons. The SMILES string of the molecule is C[C@@H](NC(=O)N1CCc2cnc(CC3CC(O)C3)nc2C1)c1ccc(Cl)c(Cl)c1. The molecular weight excluding hydrogens is 411 g/mol. The fraction of sp³-hybridized carbons (Fsp3) is 0.476. The molecular formula is C21H24Cl2N4O2. The van der Waals surface area contributed by atoms with Gasteiger partial charge in [-0.05, 0) is 55.4 Å². The highest BCUT2D eigenvalue weighted by atomic mass is 35.5. The smallest absolute Gasteiger partial charge is 0.318 e. The van der Waals surface area contributed by atoms with Gasteiger partial charge in [0.05, 0.1) is 34.4 Å². The van der Waals surface area contributed by atoms with Crippen molar-refractivity contribution in [1.29, 1.82) is 0 Å². The summed E-state index contributed by atoms with van der Waals surface area (Å²) in [6.07, 6.45) is 4.88. The molecule has 8 heteroatoms. The van der Waals surface area contributed by atoms with Crippen molar-refractivity contribution in [3.05, 3.63) is 57.1 Å². The number of rotatable bonds is 4. The number of carbonyl (C=O) groups is 1. The molecule has 0 radical (unpaired) electrons. The Balaban J connectivity index is 1.39. The van der Waals surface area contributed by atoms with Crippen LogP contribution in [-0.2, 0) is 19.4 Å². The number of amides is 2. The second kappa shape index (κ2) is 8.46. The summed E-state index contributed by atoms with van der Waals surface area (Å²) in [5.41, 5.74) is 2.92. The number of aliphatic hydroxyl groups excluding tert-OH is 1. The van der Waals surface area contributed by atoms with E-state index in [-0.39, 0.29) is 18.2 Å². The largest absolute Gasteiger partial charge is 0.393 e. The summed E-state index contributed by atoms with van der Waals surface area (Å²) in [4.78, 5) is 23.7. The first-order valence-corrected chi connectivity index (χ1v) is 10.7. The third-order valence-electron chi connectivity index (χ3n) is 5.75. The van der Waals surface area contributed by atoms with Crippen LogP contribution in [0, 0.1) is 5.92 Å². The Kier molecular flexibility index (Phi) is 5.95. The van der Waals surface area contributed by atoms with Gasteiger partial charge in [0.15, 0.2) is 0 Å². The van der Waals surface area contributed by atoms with Crippen LogP contribution in [-0.4, -0.2) is 38.7 Å². The van der Waals surface area contributed by atoms with E-state index in [0.29, 0.717) is 29.1 Å². The molecule has 1 fully saturated rings. The number of carbonyl (C=O) groups excluding carboxylic acids is 1. The molecule has 1 aromatic carbocycles. The van der Waals surface area contributed by atoms with Gasteiger partial charge in [-0.25, -0.2) is 14.8 Å². The lowest BCUT2D eigenvalue weighted by Gasteiger charge is -2.32. The molecule has 1 saturated carbocycles. The summed E-state index contributed by atoms with van der Waals surface area (Å²) in [6.45, 7) is 3.02. The van der Waals surface area contributed by atoms with Gasteiger partial charge in [-0.2, -0.15) is 0 Å². The van der Waals surface area contributed by atoms with Gasteiger partial charge in [0.25, 0.3) is 0 Å². The molecule has 2 heterocycles. The molecule has 0 spiro atoms. The Bertz CT molecular complexity index is 918. The summed E-state index contributed by atoms with van der Waals surface area (Å²) in [5, 5.41) is 13.5. The van der Waals surface area contributed by atoms with Crippen LogP contribution in [0.3, 0.4) is 0 Å². The molecule has 29 heavy (non-hydrogen) atoms. The van der Waals surface area contributed by atoms with Gasteiger partial charge < -0.3 is 15.3 Å². The monoisotopic (exact) mass is 434 g/mol. The van der Waals surface area contributed by atoms with Crippen LogP contribution < -0.4 is 5.32 Å². The number of hydrogen-bond donors (Lipinski definition) is 2. The first kappa shape index (κ1) is 20.4. The van der Waals surface area contributed by atoms with Gasteiger partial charge >= 0.3 is 6.03 Å².